The third-order valence-electron chi connectivity index (χ3n) is 5.71. The number of aryl methyl sites for hydroxylation is 1. The number of rotatable bonds is 8. The van der Waals surface area contributed by atoms with Gasteiger partial charge in [0.15, 0.2) is 0 Å². The van der Waals surface area contributed by atoms with Crippen molar-refractivity contribution in [3.05, 3.63) is 83.9 Å². The maximum absolute atomic E-state index is 6.18. The molecule has 0 unspecified atom stereocenters. The molecule has 1 aliphatic rings. The molecule has 6 nitrogen and oxygen atoms in total. The number of aromatic nitrogens is 5. The van der Waals surface area contributed by atoms with Crippen LogP contribution in [0.4, 0.5) is 0 Å². The molecular formula is C25H25N5O. The molecule has 0 N–H and O–H groups in total. The summed E-state index contributed by atoms with van der Waals surface area (Å²) in [5.74, 6) is 1.72. The van der Waals surface area contributed by atoms with Gasteiger partial charge in [0.25, 0.3) is 0 Å². The molecule has 31 heavy (non-hydrogen) atoms. The van der Waals surface area contributed by atoms with E-state index in [1.165, 1.54) is 35.1 Å². The lowest BCUT2D eigenvalue weighted by Crippen LogP contribution is -2.06. The van der Waals surface area contributed by atoms with E-state index in [1.54, 1.807) is 11.0 Å². The molecule has 0 spiro atoms. The van der Waals surface area contributed by atoms with E-state index in [4.69, 9.17) is 4.74 Å². The van der Waals surface area contributed by atoms with Gasteiger partial charge in [-0.3, -0.25) is 4.98 Å². The standard InChI is InChI=1S/C25H25N5O/c1-18-12-22(24-16-26-10-8-21(24)14-19-6-7-19)15-23(13-18)31-11-9-20-4-2-3-5-25(20)30-17-27-28-29-30/h2-5,8,10,12-13,15-17,19H,6-7,9,11,14H2,1H3. The Balaban J connectivity index is 1.32. The van der Waals surface area contributed by atoms with Crippen LogP contribution in [-0.2, 0) is 12.8 Å². The highest BCUT2D eigenvalue weighted by molar-refractivity contribution is 5.69. The molecule has 2 aromatic carbocycles. The Morgan fingerprint density at radius 1 is 1.06 bits per heavy atom. The molecule has 1 saturated carbocycles. The number of para-hydroxylation sites is 1. The summed E-state index contributed by atoms with van der Waals surface area (Å²) in [6, 6.07) is 16.7. The third-order valence-corrected chi connectivity index (χ3v) is 5.71. The quantitative estimate of drug-likeness (QED) is 0.424. The summed E-state index contributed by atoms with van der Waals surface area (Å²) >= 11 is 0. The first kappa shape index (κ1) is 19.4. The second-order valence-corrected chi connectivity index (χ2v) is 8.20. The van der Waals surface area contributed by atoms with Crippen LogP contribution in [-0.4, -0.2) is 31.8 Å². The molecule has 5 rings (SSSR count). The van der Waals surface area contributed by atoms with Gasteiger partial charge < -0.3 is 4.74 Å². The van der Waals surface area contributed by atoms with Gasteiger partial charge in [0, 0.05) is 24.4 Å². The minimum absolute atomic E-state index is 0.573. The fourth-order valence-corrected chi connectivity index (χ4v) is 3.98. The summed E-state index contributed by atoms with van der Waals surface area (Å²) in [5, 5.41) is 11.5. The van der Waals surface area contributed by atoms with Crippen molar-refractivity contribution in [2.45, 2.75) is 32.6 Å². The topological polar surface area (TPSA) is 65.7 Å². The maximum atomic E-state index is 6.18. The molecule has 156 valence electrons. The van der Waals surface area contributed by atoms with Crippen LogP contribution in [0.2, 0.25) is 0 Å². The summed E-state index contributed by atoms with van der Waals surface area (Å²) in [5.41, 5.74) is 7.06. The predicted octanol–water partition coefficient (Wildman–Crippen LogP) is 4.61. The average molecular weight is 412 g/mol. The van der Waals surface area contributed by atoms with Gasteiger partial charge in [-0.2, -0.15) is 0 Å². The molecule has 0 atom stereocenters. The van der Waals surface area contributed by atoms with E-state index in [-0.39, 0.29) is 0 Å². The van der Waals surface area contributed by atoms with Gasteiger partial charge in [0.2, 0.25) is 0 Å². The molecule has 0 bridgehead atoms. The van der Waals surface area contributed by atoms with Gasteiger partial charge in [-0.15, -0.1) is 5.10 Å². The number of nitrogens with zero attached hydrogens (tertiary/aromatic N) is 5. The van der Waals surface area contributed by atoms with Gasteiger partial charge in [-0.25, -0.2) is 4.68 Å². The molecule has 1 aliphatic carbocycles. The summed E-state index contributed by atoms with van der Waals surface area (Å²) < 4.78 is 7.86. The van der Waals surface area contributed by atoms with E-state index in [0.717, 1.165) is 35.8 Å². The predicted molar refractivity (Wildman–Crippen MR) is 119 cm³/mol. The zero-order valence-corrected chi connectivity index (χ0v) is 17.6. The zero-order chi connectivity index (χ0) is 21.0. The van der Waals surface area contributed by atoms with E-state index < -0.39 is 0 Å². The summed E-state index contributed by atoms with van der Waals surface area (Å²) in [6.45, 7) is 2.68. The molecule has 0 saturated heterocycles. The van der Waals surface area contributed by atoms with Gasteiger partial charge in [0.05, 0.1) is 12.3 Å². The van der Waals surface area contributed by atoms with Crippen molar-refractivity contribution >= 4 is 0 Å². The molecule has 0 radical (unpaired) electrons. The lowest BCUT2D eigenvalue weighted by atomic mass is 9.97. The van der Waals surface area contributed by atoms with E-state index in [2.05, 4.69) is 57.8 Å². The van der Waals surface area contributed by atoms with E-state index in [1.807, 2.05) is 30.6 Å². The van der Waals surface area contributed by atoms with Crippen LogP contribution >= 0.6 is 0 Å². The van der Waals surface area contributed by atoms with Gasteiger partial charge in [-0.05, 0) is 89.1 Å². The fourth-order valence-electron chi connectivity index (χ4n) is 3.98. The summed E-state index contributed by atoms with van der Waals surface area (Å²) in [4.78, 5) is 4.39. The van der Waals surface area contributed by atoms with Gasteiger partial charge >= 0.3 is 0 Å². The van der Waals surface area contributed by atoms with Crippen molar-refractivity contribution in [3.8, 4) is 22.6 Å². The minimum Gasteiger partial charge on any atom is -0.493 e. The first-order valence-corrected chi connectivity index (χ1v) is 10.8. The Morgan fingerprint density at radius 3 is 2.81 bits per heavy atom. The van der Waals surface area contributed by atoms with Crippen LogP contribution in [0.5, 0.6) is 5.75 Å². The van der Waals surface area contributed by atoms with Crippen molar-refractivity contribution in [1.82, 2.24) is 25.2 Å². The van der Waals surface area contributed by atoms with Crippen LogP contribution < -0.4 is 4.74 Å². The van der Waals surface area contributed by atoms with Crippen LogP contribution in [0.1, 0.15) is 29.5 Å². The second kappa shape index (κ2) is 8.68. The smallest absolute Gasteiger partial charge is 0.143 e. The molecule has 0 amide bonds. The van der Waals surface area contributed by atoms with Crippen molar-refractivity contribution in [2.24, 2.45) is 5.92 Å². The van der Waals surface area contributed by atoms with Crippen molar-refractivity contribution in [2.75, 3.05) is 6.61 Å². The largest absolute Gasteiger partial charge is 0.493 e. The highest BCUT2D eigenvalue weighted by Crippen LogP contribution is 2.36. The summed E-state index contributed by atoms with van der Waals surface area (Å²) in [7, 11) is 0. The molecule has 1 fully saturated rings. The van der Waals surface area contributed by atoms with Crippen molar-refractivity contribution in [1.29, 1.82) is 0 Å². The normalized spacial score (nSPS) is 13.3. The number of hydrogen-bond donors (Lipinski definition) is 0. The zero-order valence-electron chi connectivity index (χ0n) is 17.6. The van der Waals surface area contributed by atoms with E-state index in [9.17, 15) is 0 Å². The Bertz CT molecular complexity index is 1170. The SMILES string of the molecule is Cc1cc(OCCc2ccccc2-n2cnnn2)cc(-c2cnccc2CC2CC2)c1. The van der Waals surface area contributed by atoms with Crippen LogP contribution in [0.3, 0.4) is 0 Å². The molecule has 0 aliphatic heterocycles. The number of ether oxygens (including phenoxy) is 1. The second-order valence-electron chi connectivity index (χ2n) is 8.20. The highest BCUT2D eigenvalue weighted by Gasteiger charge is 2.23. The molecular weight excluding hydrogens is 386 g/mol. The van der Waals surface area contributed by atoms with Gasteiger partial charge in [-0.1, -0.05) is 24.3 Å². The summed E-state index contributed by atoms with van der Waals surface area (Å²) in [6.07, 6.45) is 10.1. The van der Waals surface area contributed by atoms with Gasteiger partial charge in [0.1, 0.15) is 12.1 Å². The Morgan fingerprint density at radius 2 is 1.97 bits per heavy atom. The monoisotopic (exact) mass is 411 g/mol. The first-order valence-electron chi connectivity index (χ1n) is 10.8. The van der Waals surface area contributed by atoms with Crippen LogP contribution in [0.15, 0.2) is 67.3 Å². The van der Waals surface area contributed by atoms with Crippen molar-refractivity contribution in [3.63, 3.8) is 0 Å². The maximum Gasteiger partial charge on any atom is 0.143 e. The number of tetrazole rings is 1. The molecule has 2 heterocycles. The van der Waals surface area contributed by atoms with Crippen LogP contribution in [0.25, 0.3) is 16.8 Å². The molecule has 2 aromatic heterocycles. The van der Waals surface area contributed by atoms with Crippen LogP contribution in [0, 0.1) is 12.8 Å². The van der Waals surface area contributed by atoms with E-state index in [0.29, 0.717) is 6.61 Å². The number of hydrogen-bond acceptors (Lipinski definition) is 5. The lowest BCUT2D eigenvalue weighted by molar-refractivity contribution is 0.321. The van der Waals surface area contributed by atoms with E-state index >= 15 is 0 Å². The Kier molecular flexibility index (Phi) is 5.44. The lowest BCUT2D eigenvalue weighted by Gasteiger charge is -2.13. The Labute approximate surface area is 181 Å². The average Bonchev–Trinajstić information content (AvgIpc) is 3.43. The molecule has 4 aromatic rings. The molecule has 6 heteroatoms. The highest BCUT2D eigenvalue weighted by atomic mass is 16.5. The fraction of sp³-hybridized carbons (Fsp3) is 0.280. The first-order chi connectivity index (χ1) is 15.3. The Hall–Kier alpha value is -3.54. The van der Waals surface area contributed by atoms with Crippen molar-refractivity contribution < 1.29 is 4.74 Å². The third kappa shape index (κ3) is 4.63. The number of benzene rings is 2. The number of pyridine rings is 1. The minimum atomic E-state index is 0.573.